The first-order valence-electron chi connectivity index (χ1n) is 6.80. The van der Waals surface area contributed by atoms with E-state index >= 15 is 0 Å². The van der Waals surface area contributed by atoms with Gasteiger partial charge in [0, 0.05) is 17.3 Å². The van der Waals surface area contributed by atoms with Crippen LogP contribution in [0, 0.1) is 0 Å². The van der Waals surface area contributed by atoms with Crippen molar-refractivity contribution in [2.45, 2.75) is 25.3 Å². The van der Waals surface area contributed by atoms with Crippen molar-refractivity contribution in [2.24, 2.45) is 5.73 Å². The quantitative estimate of drug-likeness (QED) is 0.708. The Morgan fingerprint density at radius 1 is 1.18 bits per heavy atom. The van der Waals surface area contributed by atoms with Crippen LogP contribution in [0.15, 0.2) is 24.3 Å². The SMILES string of the molecule is N[C@@H](Cc1ccc(-c2nnc(CCCBr)nn2)cc1)C(=O)O. The molecule has 0 aliphatic rings. The van der Waals surface area contributed by atoms with E-state index in [1.54, 1.807) is 24.3 Å². The number of aromatic nitrogens is 4. The number of halogens is 1. The Morgan fingerprint density at radius 2 is 1.82 bits per heavy atom. The smallest absolute Gasteiger partial charge is 0.320 e. The van der Waals surface area contributed by atoms with Gasteiger partial charge in [-0.1, -0.05) is 40.2 Å². The van der Waals surface area contributed by atoms with Crippen LogP contribution in [0.4, 0.5) is 0 Å². The minimum atomic E-state index is -1.01. The highest BCUT2D eigenvalue weighted by Crippen LogP contribution is 2.15. The summed E-state index contributed by atoms with van der Waals surface area (Å²) in [6, 6.07) is 6.32. The molecule has 1 heterocycles. The lowest BCUT2D eigenvalue weighted by Gasteiger charge is -2.06. The summed E-state index contributed by atoms with van der Waals surface area (Å²) in [4.78, 5) is 10.7. The molecule has 0 saturated carbocycles. The zero-order chi connectivity index (χ0) is 15.9. The number of rotatable bonds is 7. The topological polar surface area (TPSA) is 115 Å². The number of aliphatic carboxylic acids is 1. The van der Waals surface area contributed by atoms with Crippen molar-refractivity contribution in [2.75, 3.05) is 5.33 Å². The van der Waals surface area contributed by atoms with Crippen molar-refractivity contribution in [3.8, 4) is 11.4 Å². The number of nitrogens with zero attached hydrogens (tertiary/aromatic N) is 4. The molecule has 0 saturated heterocycles. The van der Waals surface area contributed by atoms with Crippen LogP contribution in [-0.4, -0.2) is 42.8 Å². The number of carboxylic acid groups (broad SMARTS) is 1. The zero-order valence-electron chi connectivity index (χ0n) is 11.8. The fraction of sp³-hybridized carbons (Fsp3) is 0.357. The Morgan fingerprint density at radius 3 is 2.36 bits per heavy atom. The highest BCUT2D eigenvalue weighted by Gasteiger charge is 2.12. The second kappa shape index (κ2) is 7.90. The molecular weight excluding hydrogens is 350 g/mol. The summed E-state index contributed by atoms with van der Waals surface area (Å²) >= 11 is 3.35. The van der Waals surface area contributed by atoms with Gasteiger partial charge in [0.2, 0.25) is 5.82 Å². The molecule has 0 spiro atoms. The van der Waals surface area contributed by atoms with Crippen LogP contribution in [-0.2, 0) is 17.6 Å². The minimum Gasteiger partial charge on any atom is -0.480 e. The monoisotopic (exact) mass is 365 g/mol. The van der Waals surface area contributed by atoms with Gasteiger partial charge in [-0.3, -0.25) is 4.79 Å². The van der Waals surface area contributed by atoms with Crippen LogP contribution in [0.25, 0.3) is 11.4 Å². The van der Waals surface area contributed by atoms with Gasteiger partial charge in [-0.05, 0) is 18.4 Å². The normalized spacial score (nSPS) is 12.1. The predicted octanol–water partition coefficient (Wildman–Crippen LogP) is 1.22. The molecule has 0 aliphatic heterocycles. The third kappa shape index (κ3) is 4.54. The molecule has 0 unspecified atom stereocenters. The summed E-state index contributed by atoms with van der Waals surface area (Å²) in [5, 5.41) is 25.9. The number of hydrogen-bond acceptors (Lipinski definition) is 6. The molecule has 0 bridgehead atoms. The van der Waals surface area contributed by atoms with E-state index in [2.05, 4.69) is 36.3 Å². The van der Waals surface area contributed by atoms with Crippen LogP contribution in [0.2, 0.25) is 0 Å². The van der Waals surface area contributed by atoms with Crippen molar-refractivity contribution in [3.63, 3.8) is 0 Å². The zero-order valence-corrected chi connectivity index (χ0v) is 13.4. The summed E-state index contributed by atoms with van der Waals surface area (Å²) in [7, 11) is 0. The highest BCUT2D eigenvalue weighted by molar-refractivity contribution is 9.09. The van der Waals surface area contributed by atoms with Crippen molar-refractivity contribution in [3.05, 3.63) is 35.7 Å². The predicted molar refractivity (Wildman–Crippen MR) is 84.5 cm³/mol. The number of carboxylic acids is 1. The molecule has 116 valence electrons. The van der Waals surface area contributed by atoms with Gasteiger partial charge in [0.05, 0.1) is 0 Å². The van der Waals surface area contributed by atoms with Crippen LogP contribution in [0.1, 0.15) is 17.8 Å². The van der Waals surface area contributed by atoms with E-state index in [0.717, 1.165) is 29.3 Å². The highest BCUT2D eigenvalue weighted by atomic mass is 79.9. The average Bonchev–Trinajstić information content (AvgIpc) is 2.54. The summed E-state index contributed by atoms with van der Waals surface area (Å²) in [6.45, 7) is 0. The minimum absolute atomic E-state index is 0.276. The molecule has 2 rings (SSSR count). The third-order valence-electron chi connectivity index (χ3n) is 3.04. The number of hydrogen-bond donors (Lipinski definition) is 2. The number of aryl methyl sites for hydroxylation is 1. The van der Waals surface area contributed by atoms with Crippen LogP contribution in [0.3, 0.4) is 0 Å². The van der Waals surface area contributed by atoms with Crippen LogP contribution >= 0.6 is 15.9 Å². The van der Waals surface area contributed by atoms with E-state index in [-0.39, 0.29) is 6.42 Å². The summed E-state index contributed by atoms with van der Waals surface area (Å²) in [5.41, 5.74) is 7.13. The molecule has 0 radical (unpaired) electrons. The van der Waals surface area contributed by atoms with E-state index in [1.807, 2.05) is 0 Å². The van der Waals surface area contributed by atoms with E-state index in [4.69, 9.17) is 10.8 Å². The Hall–Kier alpha value is -1.93. The molecule has 0 aliphatic carbocycles. The first-order chi connectivity index (χ1) is 10.6. The van der Waals surface area contributed by atoms with Crippen LogP contribution < -0.4 is 5.73 Å². The van der Waals surface area contributed by atoms with E-state index in [0.29, 0.717) is 11.6 Å². The van der Waals surface area contributed by atoms with E-state index in [1.165, 1.54) is 0 Å². The second-order valence-electron chi connectivity index (χ2n) is 4.78. The molecular formula is C14H16BrN5O2. The molecule has 0 amide bonds. The van der Waals surface area contributed by atoms with Gasteiger partial charge in [0.25, 0.3) is 0 Å². The molecule has 2 aromatic rings. The molecule has 1 aromatic heterocycles. The maximum atomic E-state index is 10.7. The summed E-state index contributed by atoms with van der Waals surface area (Å²) < 4.78 is 0. The lowest BCUT2D eigenvalue weighted by molar-refractivity contribution is -0.138. The molecule has 3 N–H and O–H groups in total. The van der Waals surface area contributed by atoms with Crippen molar-refractivity contribution < 1.29 is 9.90 Å². The molecule has 8 heteroatoms. The maximum Gasteiger partial charge on any atom is 0.320 e. The first-order valence-corrected chi connectivity index (χ1v) is 7.92. The average molecular weight is 366 g/mol. The van der Waals surface area contributed by atoms with E-state index in [9.17, 15) is 4.79 Å². The molecule has 1 atom stereocenters. The number of alkyl halides is 1. The van der Waals surface area contributed by atoms with Crippen LogP contribution in [0.5, 0.6) is 0 Å². The molecule has 1 aromatic carbocycles. The van der Waals surface area contributed by atoms with E-state index < -0.39 is 12.0 Å². The number of nitrogens with two attached hydrogens (primary N) is 1. The van der Waals surface area contributed by atoms with Gasteiger partial charge in [-0.2, -0.15) is 0 Å². The van der Waals surface area contributed by atoms with Gasteiger partial charge in [0.15, 0.2) is 5.82 Å². The Balaban J connectivity index is 2.05. The third-order valence-corrected chi connectivity index (χ3v) is 3.60. The molecule has 7 nitrogen and oxygen atoms in total. The largest absolute Gasteiger partial charge is 0.480 e. The Labute approximate surface area is 136 Å². The van der Waals surface area contributed by atoms with Crippen molar-refractivity contribution >= 4 is 21.9 Å². The molecule has 22 heavy (non-hydrogen) atoms. The fourth-order valence-corrected chi connectivity index (χ4v) is 2.10. The van der Waals surface area contributed by atoms with Gasteiger partial charge in [0.1, 0.15) is 6.04 Å². The number of carbonyl (C=O) groups is 1. The summed E-state index contributed by atoms with van der Waals surface area (Å²) in [6.07, 6.45) is 1.94. The van der Waals surface area contributed by atoms with Crippen molar-refractivity contribution in [1.29, 1.82) is 0 Å². The lowest BCUT2D eigenvalue weighted by Crippen LogP contribution is -2.32. The lowest BCUT2D eigenvalue weighted by atomic mass is 10.0. The standard InChI is InChI=1S/C14H16BrN5O2/c15-7-1-2-12-17-19-13(20-18-12)10-5-3-9(4-6-10)8-11(16)14(21)22/h3-6,11H,1-2,7-8,16H2,(H,21,22)/t11-/m0/s1. The second-order valence-corrected chi connectivity index (χ2v) is 5.57. The Kier molecular flexibility index (Phi) is 5.91. The van der Waals surface area contributed by atoms with Gasteiger partial charge < -0.3 is 10.8 Å². The Bertz CT molecular complexity index is 618. The van der Waals surface area contributed by atoms with Crippen molar-refractivity contribution in [1.82, 2.24) is 20.4 Å². The number of benzene rings is 1. The summed E-state index contributed by atoms with van der Waals surface area (Å²) in [5.74, 6) is 0.0452. The van der Waals surface area contributed by atoms with Gasteiger partial charge in [-0.25, -0.2) is 0 Å². The maximum absolute atomic E-state index is 10.7. The first kappa shape index (κ1) is 16.4. The van der Waals surface area contributed by atoms with Gasteiger partial charge >= 0.3 is 5.97 Å². The molecule has 0 fully saturated rings. The van der Waals surface area contributed by atoms with Gasteiger partial charge in [-0.15, -0.1) is 20.4 Å². The fourth-order valence-electron chi connectivity index (χ4n) is 1.82.